The Kier molecular flexibility index (Phi) is 8.72. The lowest BCUT2D eigenvalue weighted by Gasteiger charge is -2.26. The fourth-order valence-corrected chi connectivity index (χ4v) is 2.77. The van der Waals surface area contributed by atoms with E-state index in [0.717, 1.165) is 6.04 Å². The van der Waals surface area contributed by atoms with Gasteiger partial charge in [-0.3, -0.25) is 0 Å². The van der Waals surface area contributed by atoms with Crippen molar-refractivity contribution in [1.29, 1.82) is 0 Å². The van der Waals surface area contributed by atoms with Crippen molar-refractivity contribution in [3.8, 4) is 0 Å². The second-order valence-electron chi connectivity index (χ2n) is 5.58. The Morgan fingerprint density at radius 1 is 1.00 bits per heavy atom. The third kappa shape index (κ3) is 7.05. The molecular formula is C15H32N2. The smallest absolute Gasteiger partial charge is 0.0105 e. The van der Waals surface area contributed by atoms with E-state index >= 15 is 0 Å². The predicted molar refractivity (Wildman–Crippen MR) is 76.5 cm³/mol. The maximum atomic E-state index is 3.50. The average molecular weight is 240 g/mol. The first-order chi connectivity index (χ1) is 8.34. The van der Waals surface area contributed by atoms with Crippen LogP contribution in [0.3, 0.4) is 0 Å². The van der Waals surface area contributed by atoms with Gasteiger partial charge in [0.25, 0.3) is 0 Å². The number of nitrogens with zero attached hydrogens (tertiary/aromatic N) is 1. The van der Waals surface area contributed by atoms with Crippen molar-refractivity contribution in [3.63, 3.8) is 0 Å². The van der Waals surface area contributed by atoms with E-state index in [1.165, 1.54) is 77.4 Å². The van der Waals surface area contributed by atoms with Crippen molar-refractivity contribution in [3.05, 3.63) is 0 Å². The number of nitrogens with one attached hydrogen (secondary N) is 1. The van der Waals surface area contributed by atoms with Crippen LogP contribution in [0.25, 0.3) is 0 Å². The predicted octanol–water partition coefficient (Wildman–Crippen LogP) is 3.42. The van der Waals surface area contributed by atoms with E-state index in [-0.39, 0.29) is 0 Å². The number of hydrogen-bond acceptors (Lipinski definition) is 2. The van der Waals surface area contributed by atoms with Crippen LogP contribution < -0.4 is 5.32 Å². The van der Waals surface area contributed by atoms with Crippen LogP contribution >= 0.6 is 0 Å². The fourth-order valence-electron chi connectivity index (χ4n) is 2.77. The standard InChI is InChI=1S/C15H32N2/c1-3-4-5-6-7-8-14-17(2)15-10-9-12-16-13-11-15/h15-16H,3-14H2,1-2H3. The molecule has 1 heterocycles. The largest absolute Gasteiger partial charge is 0.317 e. The SMILES string of the molecule is CCCCCCCCN(C)C1CCCNCC1. The number of unbranched alkanes of at least 4 members (excludes halogenated alkanes) is 5. The zero-order valence-corrected chi connectivity index (χ0v) is 12.0. The summed E-state index contributed by atoms with van der Waals surface area (Å²) >= 11 is 0. The zero-order valence-electron chi connectivity index (χ0n) is 12.0. The molecule has 0 aromatic carbocycles. The summed E-state index contributed by atoms with van der Waals surface area (Å²) in [7, 11) is 2.32. The van der Waals surface area contributed by atoms with Gasteiger partial charge in [-0.1, -0.05) is 39.0 Å². The van der Waals surface area contributed by atoms with Crippen LogP contribution in [0.15, 0.2) is 0 Å². The van der Waals surface area contributed by atoms with Gasteiger partial charge < -0.3 is 10.2 Å². The molecule has 0 amide bonds. The quantitative estimate of drug-likeness (QED) is 0.654. The van der Waals surface area contributed by atoms with E-state index < -0.39 is 0 Å². The normalized spacial score (nSPS) is 21.7. The molecule has 1 aliphatic rings. The van der Waals surface area contributed by atoms with Crippen molar-refractivity contribution >= 4 is 0 Å². The molecule has 0 aromatic heterocycles. The molecule has 0 bridgehead atoms. The van der Waals surface area contributed by atoms with Crippen LogP contribution in [0.4, 0.5) is 0 Å². The summed E-state index contributed by atoms with van der Waals surface area (Å²) in [4.78, 5) is 2.60. The number of hydrogen-bond donors (Lipinski definition) is 1. The fraction of sp³-hybridized carbons (Fsp3) is 1.00. The molecule has 1 unspecified atom stereocenters. The third-order valence-electron chi connectivity index (χ3n) is 4.03. The lowest BCUT2D eigenvalue weighted by molar-refractivity contribution is 0.220. The van der Waals surface area contributed by atoms with Gasteiger partial charge in [-0.2, -0.15) is 0 Å². The van der Waals surface area contributed by atoms with Crippen molar-refractivity contribution in [2.75, 3.05) is 26.7 Å². The van der Waals surface area contributed by atoms with Crippen LogP contribution in [-0.2, 0) is 0 Å². The molecule has 1 fully saturated rings. The lowest BCUT2D eigenvalue weighted by atomic mass is 10.1. The Labute approximate surface area is 108 Å². The first kappa shape index (κ1) is 15.0. The van der Waals surface area contributed by atoms with Crippen LogP contribution in [-0.4, -0.2) is 37.6 Å². The van der Waals surface area contributed by atoms with Crippen molar-refractivity contribution in [2.45, 2.75) is 70.8 Å². The van der Waals surface area contributed by atoms with E-state index in [1.807, 2.05) is 0 Å². The minimum Gasteiger partial charge on any atom is -0.317 e. The van der Waals surface area contributed by atoms with E-state index in [2.05, 4.69) is 24.2 Å². The molecule has 17 heavy (non-hydrogen) atoms. The Morgan fingerprint density at radius 3 is 2.59 bits per heavy atom. The Hall–Kier alpha value is -0.0800. The van der Waals surface area contributed by atoms with Crippen LogP contribution in [0.2, 0.25) is 0 Å². The lowest BCUT2D eigenvalue weighted by Crippen LogP contribution is -2.33. The van der Waals surface area contributed by atoms with Gasteiger partial charge in [0.15, 0.2) is 0 Å². The van der Waals surface area contributed by atoms with Gasteiger partial charge in [0.1, 0.15) is 0 Å². The second-order valence-corrected chi connectivity index (χ2v) is 5.58. The van der Waals surface area contributed by atoms with Crippen LogP contribution in [0, 0.1) is 0 Å². The van der Waals surface area contributed by atoms with Gasteiger partial charge in [0.2, 0.25) is 0 Å². The highest BCUT2D eigenvalue weighted by molar-refractivity contribution is 4.73. The van der Waals surface area contributed by atoms with E-state index in [0.29, 0.717) is 0 Å². The van der Waals surface area contributed by atoms with Crippen molar-refractivity contribution in [1.82, 2.24) is 10.2 Å². The molecule has 1 saturated heterocycles. The highest BCUT2D eigenvalue weighted by atomic mass is 15.1. The zero-order chi connectivity index (χ0) is 12.3. The van der Waals surface area contributed by atoms with Gasteiger partial charge in [0, 0.05) is 6.04 Å². The topological polar surface area (TPSA) is 15.3 Å². The summed E-state index contributed by atoms with van der Waals surface area (Å²) in [5.41, 5.74) is 0. The highest BCUT2D eigenvalue weighted by Crippen LogP contribution is 2.13. The van der Waals surface area contributed by atoms with Gasteiger partial charge >= 0.3 is 0 Å². The molecule has 1 aliphatic heterocycles. The third-order valence-corrected chi connectivity index (χ3v) is 4.03. The molecule has 1 atom stereocenters. The second kappa shape index (κ2) is 9.90. The summed E-state index contributed by atoms with van der Waals surface area (Å²) in [6.45, 7) is 6.03. The molecule has 0 saturated carbocycles. The summed E-state index contributed by atoms with van der Waals surface area (Å²) in [5, 5.41) is 3.50. The number of rotatable bonds is 8. The van der Waals surface area contributed by atoms with Crippen LogP contribution in [0.1, 0.15) is 64.7 Å². The Bertz CT molecular complexity index is 162. The van der Waals surface area contributed by atoms with Gasteiger partial charge in [-0.15, -0.1) is 0 Å². The van der Waals surface area contributed by atoms with Crippen LogP contribution in [0.5, 0.6) is 0 Å². The Balaban J connectivity index is 2.01. The van der Waals surface area contributed by atoms with Gasteiger partial charge in [0.05, 0.1) is 0 Å². The van der Waals surface area contributed by atoms with E-state index in [4.69, 9.17) is 0 Å². The minimum atomic E-state index is 0.834. The summed E-state index contributed by atoms with van der Waals surface area (Å²) < 4.78 is 0. The maximum Gasteiger partial charge on any atom is 0.0105 e. The monoisotopic (exact) mass is 240 g/mol. The molecule has 1 rings (SSSR count). The summed E-state index contributed by atoms with van der Waals surface area (Å²) in [5.74, 6) is 0. The van der Waals surface area contributed by atoms with E-state index in [9.17, 15) is 0 Å². The van der Waals surface area contributed by atoms with Gasteiger partial charge in [-0.25, -0.2) is 0 Å². The summed E-state index contributed by atoms with van der Waals surface area (Å²) in [6.07, 6.45) is 12.6. The molecule has 0 spiro atoms. The van der Waals surface area contributed by atoms with Crippen molar-refractivity contribution in [2.24, 2.45) is 0 Å². The minimum absolute atomic E-state index is 0.834. The average Bonchev–Trinajstić information content (AvgIpc) is 2.62. The molecule has 2 heteroatoms. The molecular weight excluding hydrogens is 208 g/mol. The first-order valence-electron chi connectivity index (χ1n) is 7.75. The molecule has 0 aromatic rings. The maximum absolute atomic E-state index is 3.50. The molecule has 2 nitrogen and oxygen atoms in total. The van der Waals surface area contributed by atoms with Gasteiger partial charge in [-0.05, 0) is 52.4 Å². The summed E-state index contributed by atoms with van der Waals surface area (Å²) in [6, 6.07) is 0.834. The van der Waals surface area contributed by atoms with E-state index in [1.54, 1.807) is 0 Å². The molecule has 102 valence electrons. The van der Waals surface area contributed by atoms with Crippen molar-refractivity contribution < 1.29 is 0 Å². The Morgan fingerprint density at radius 2 is 1.76 bits per heavy atom. The molecule has 0 aliphatic carbocycles. The highest BCUT2D eigenvalue weighted by Gasteiger charge is 2.15. The molecule has 1 N–H and O–H groups in total. The molecule has 0 radical (unpaired) electrons. The first-order valence-corrected chi connectivity index (χ1v) is 7.75.